The standard InChI is InChI=1S/C57H37N3O/c1-5-15-38(16-6-1)44-23-13-24-45(33-44)41-27-29-43(30-28-41)55-58-56(46-31-32-51-53(37-46)61-52-26-14-25-50(54(51)52)42-21-11-4-12-22-42)60-57(59-55)49-35-47(39-17-7-2-8-18-39)34-48(36-49)40-19-9-3-10-20-40/h1-37H/i14D,25D,26D,31D,32D,37D. The summed E-state index contributed by atoms with van der Waals surface area (Å²) in [6.45, 7) is 0. The van der Waals surface area contributed by atoms with Crippen LogP contribution in [0.15, 0.2) is 229 Å². The number of hydrogen-bond donors (Lipinski definition) is 0. The number of benzene rings is 9. The summed E-state index contributed by atoms with van der Waals surface area (Å²) in [7, 11) is 0. The molecule has 11 aromatic rings. The summed E-state index contributed by atoms with van der Waals surface area (Å²) in [5, 5.41) is 0.349. The van der Waals surface area contributed by atoms with Crippen molar-refractivity contribution >= 4 is 21.9 Å². The van der Waals surface area contributed by atoms with Crippen molar-refractivity contribution in [2.24, 2.45) is 0 Å². The molecule has 0 spiro atoms. The van der Waals surface area contributed by atoms with Gasteiger partial charge in [-0.25, -0.2) is 15.0 Å². The monoisotopic (exact) mass is 785 g/mol. The van der Waals surface area contributed by atoms with Crippen molar-refractivity contribution < 1.29 is 12.6 Å². The maximum atomic E-state index is 9.69. The van der Waals surface area contributed by atoms with E-state index in [0.29, 0.717) is 33.9 Å². The lowest BCUT2D eigenvalue weighted by molar-refractivity contribution is 0.669. The van der Waals surface area contributed by atoms with Crippen molar-refractivity contribution in [3.8, 4) is 89.8 Å². The summed E-state index contributed by atoms with van der Waals surface area (Å²) in [6, 6.07) is 60.1. The van der Waals surface area contributed by atoms with Crippen LogP contribution in [0.1, 0.15) is 8.22 Å². The van der Waals surface area contributed by atoms with Crippen LogP contribution in [-0.2, 0) is 0 Å². The first-order chi connectivity index (χ1) is 32.7. The van der Waals surface area contributed by atoms with Gasteiger partial charge >= 0.3 is 0 Å². The van der Waals surface area contributed by atoms with Crippen LogP contribution in [0.3, 0.4) is 0 Å². The number of rotatable bonds is 8. The molecule has 0 unspecified atom stereocenters. The Morgan fingerprint density at radius 3 is 1.36 bits per heavy atom. The van der Waals surface area contributed by atoms with Crippen LogP contribution in [-0.4, -0.2) is 15.0 Å². The predicted molar refractivity (Wildman–Crippen MR) is 251 cm³/mol. The lowest BCUT2D eigenvalue weighted by Gasteiger charge is -2.13. The molecule has 0 aliphatic heterocycles. The van der Waals surface area contributed by atoms with Gasteiger partial charge in [-0.05, 0) is 98.0 Å². The first-order valence-electron chi connectivity index (χ1n) is 23.0. The third kappa shape index (κ3) is 7.07. The summed E-state index contributed by atoms with van der Waals surface area (Å²) in [4.78, 5) is 15.1. The molecule has 0 fully saturated rings. The third-order valence-electron chi connectivity index (χ3n) is 10.8. The largest absolute Gasteiger partial charge is 0.456 e. The lowest BCUT2D eigenvalue weighted by Crippen LogP contribution is -2.00. The van der Waals surface area contributed by atoms with Crippen molar-refractivity contribution in [2.45, 2.75) is 0 Å². The molecule has 0 saturated heterocycles. The minimum absolute atomic E-state index is 0.00592. The van der Waals surface area contributed by atoms with E-state index in [1.807, 2.05) is 127 Å². The molecule has 0 radical (unpaired) electrons. The normalized spacial score (nSPS) is 12.7. The maximum Gasteiger partial charge on any atom is 0.164 e. The average molecular weight is 786 g/mol. The number of fused-ring (bicyclic) bond motifs is 3. The highest BCUT2D eigenvalue weighted by Crippen LogP contribution is 2.39. The van der Waals surface area contributed by atoms with Crippen molar-refractivity contribution in [3.05, 3.63) is 224 Å². The molecule has 0 bridgehead atoms. The van der Waals surface area contributed by atoms with E-state index in [1.54, 1.807) is 24.3 Å². The Morgan fingerprint density at radius 2 is 0.770 bits per heavy atom. The van der Waals surface area contributed by atoms with Crippen LogP contribution in [0.4, 0.5) is 0 Å². The minimum Gasteiger partial charge on any atom is -0.456 e. The summed E-state index contributed by atoms with van der Waals surface area (Å²) in [6.07, 6.45) is 0. The predicted octanol–water partition coefficient (Wildman–Crippen LogP) is 15.1. The molecule has 4 heteroatoms. The Balaban J connectivity index is 1.13. The van der Waals surface area contributed by atoms with Crippen molar-refractivity contribution in [2.75, 3.05) is 0 Å². The molecule has 11 rings (SSSR count). The zero-order valence-corrected chi connectivity index (χ0v) is 32.6. The zero-order chi connectivity index (χ0) is 45.8. The van der Waals surface area contributed by atoms with E-state index in [9.17, 15) is 4.11 Å². The van der Waals surface area contributed by atoms with E-state index < -0.39 is 0 Å². The Morgan fingerprint density at radius 1 is 0.328 bits per heavy atom. The number of furan rings is 1. The van der Waals surface area contributed by atoms with Crippen LogP contribution in [0.2, 0.25) is 0 Å². The fourth-order valence-electron chi connectivity index (χ4n) is 7.80. The number of aromatic nitrogens is 3. The first-order valence-corrected chi connectivity index (χ1v) is 20.0. The molecule has 61 heavy (non-hydrogen) atoms. The number of hydrogen-bond acceptors (Lipinski definition) is 4. The molecule has 0 atom stereocenters. The van der Waals surface area contributed by atoms with Crippen LogP contribution in [0, 0.1) is 0 Å². The number of nitrogens with zero attached hydrogens (tertiary/aromatic N) is 3. The summed E-state index contributed by atoms with van der Waals surface area (Å²) in [5.74, 6) is 0.583. The van der Waals surface area contributed by atoms with Gasteiger partial charge in [-0.3, -0.25) is 0 Å². The van der Waals surface area contributed by atoms with Crippen molar-refractivity contribution in [1.29, 1.82) is 0 Å². The van der Waals surface area contributed by atoms with Gasteiger partial charge < -0.3 is 4.42 Å². The van der Waals surface area contributed by atoms with E-state index in [0.717, 1.165) is 44.5 Å². The molecule has 0 amide bonds. The molecule has 0 saturated carbocycles. The van der Waals surface area contributed by atoms with Crippen LogP contribution in [0.25, 0.3) is 112 Å². The highest BCUT2D eigenvalue weighted by molar-refractivity contribution is 6.13. The molecule has 9 aromatic carbocycles. The smallest absolute Gasteiger partial charge is 0.164 e. The summed E-state index contributed by atoms with van der Waals surface area (Å²) < 4.78 is 61.6. The lowest BCUT2D eigenvalue weighted by atomic mass is 9.95. The summed E-state index contributed by atoms with van der Waals surface area (Å²) >= 11 is 0. The van der Waals surface area contributed by atoms with E-state index in [2.05, 4.69) is 36.4 Å². The van der Waals surface area contributed by atoms with Crippen LogP contribution < -0.4 is 0 Å². The molecule has 0 N–H and O–H groups in total. The fourth-order valence-corrected chi connectivity index (χ4v) is 7.80. The molecule has 2 aromatic heterocycles. The second-order valence-corrected chi connectivity index (χ2v) is 14.7. The minimum atomic E-state index is -0.343. The topological polar surface area (TPSA) is 51.8 Å². The second-order valence-electron chi connectivity index (χ2n) is 14.7. The van der Waals surface area contributed by atoms with Gasteiger partial charge in [0, 0.05) is 27.5 Å². The molecular formula is C57H37N3O. The quantitative estimate of drug-likeness (QED) is 0.154. The average Bonchev–Trinajstić information content (AvgIpc) is 3.79. The Hall–Kier alpha value is -8.21. The Kier molecular flexibility index (Phi) is 7.61. The maximum absolute atomic E-state index is 9.69. The van der Waals surface area contributed by atoms with Gasteiger partial charge in [0.25, 0.3) is 0 Å². The van der Waals surface area contributed by atoms with Gasteiger partial charge in [0.2, 0.25) is 0 Å². The van der Waals surface area contributed by atoms with E-state index in [-0.39, 0.29) is 69.6 Å². The van der Waals surface area contributed by atoms with Gasteiger partial charge in [0.15, 0.2) is 17.5 Å². The molecule has 286 valence electrons. The van der Waals surface area contributed by atoms with Gasteiger partial charge in [-0.15, -0.1) is 0 Å². The first kappa shape index (κ1) is 29.9. The second kappa shape index (κ2) is 15.5. The molecular weight excluding hydrogens is 743 g/mol. The molecule has 2 heterocycles. The van der Waals surface area contributed by atoms with Gasteiger partial charge in [0.05, 0.1) is 8.22 Å². The SMILES string of the molecule is [2H]c1c([2H])c(-c2ccccc2)c2c(oc3c([2H])c(-c4nc(-c5ccc(-c6cccc(-c7ccccc7)c6)cc5)nc(-c5cc(-c6ccccc6)cc(-c6ccccc6)c5)n4)c([2H])c([2H])c32)c1[2H]. The van der Waals surface area contributed by atoms with Crippen molar-refractivity contribution in [1.82, 2.24) is 15.0 Å². The van der Waals surface area contributed by atoms with Gasteiger partial charge in [-0.1, -0.05) is 182 Å². The fraction of sp³-hybridized carbons (Fsp3) is 0. The van der Waals surface area contributed by atoms with Crippen molar-refractivity contribution in [3.63, 3.8) is 0 Å². The molecule has 0 aliphatic rings. The van der Waals surface area contributed by atoms with E-state index in [1.165, 1.54) is 0 Å². The summed E-state index contributed by atoms with van der Waals surface area (Å²) in [5.41, 5.74) is 10.2. The van der Waals surface area contributed by atoms with Crippen LogP contribution in [0.5, 0.6) is 0 Å². The molecule has 4 nitrogen and oxygen atoms in total. The van der Waals surface area contributed by atoms with Gasteiger partial charge in [-0.2, -0.15) is 0 Å². The molecule has 0 aliphatic carbocycles. The Labute approximate surface area is 362 Å². The van der Waals surface area contributed by atoms with E-state index >= 15 is 0 Å². The van der Waals surface area contributed by atoms with Gasteiger partial charge in [0.1, 0.15) is 11.2 Å². The third-order valence-corrected chi connectivity index (χ3v) is 10.8. The zero-order valence-electron chi connectivity index (χ0n) is 38.6. The highest BCUT2D eigenvalue weighted by atomic mass is 16.3. The van der Waals surface area contributed by atoms with E-state index in [4.69, 9.17) is 23.5 Å². The van der Waals surface area contributed by atoms with Crippen LogP contribution >= 0.6 is 0 Å². The highest BCUT2D eigenvalue weighted by Gasteiger charge is 2.18. The Bertz CT molecular complexity index is 3620.